The second-order valence-corrected chi connectivity index (χ2v) is 9.36. The third-order valence-electron chi connectivity index (χ3n) is 7.83. The van der Waals surface area contributed by atoms with E-state index in [1.165, 1.54) is 24.8 Å². The van der Waals surface area contributed by atoms with Gasteiger partial charge in [0.25, 0.3) is 0 Å². The molecule has 158 valence electrons. The number of nitrogens with zero attached hydrogens (tertiary/aromatic N) is 2. The quantitative estimate of drug-likeness (QED) is 0.758. The molecule has 5 heteroatoms. The number of urea groups is 1. The lowest BCUT2D eigenvalue weighted by Gasteiger charge is -2.49. The summed E-state index contributed by atoms with van der Waals surface area (Å²) in [7, 11) is 2.06. The molecule has 2 amide bonds. The van der Waals surface area contributed by atoms with E-state index >= 15 is 0 Å². The summed E-state index contributed by atoms with van der Waals surface area (Å²) in [6, 6.07) is 10.8. The second-order valence-electron chi connectivity index (χ2n) is 9.36. The zero-order chi connectivity index (χ0) is 20.5. The molecule has 1 aromatic carbocycles. The van der Waals surface area contributed by atoms with Crippen molar-refractivity contribution in [3.63, 3.8) is 0 Å². The molecule has 0 bridgehead atoms. The number of ketones is 1. The van der Waals surface area contributed by atoms with Crippen LogP contribution in [0.1, 0.15) is 63.9 Å². The van der Waals surface area contributed by atoms with Crippen molar-refractivity contribution < 1.29 is 9.59 Å². The summed E-state index contributed by atoms with van der Waals surface area (Å²) in [6.45, 7) is 3.73. The van der Waals surface area contributed by atoms with Gasteiger partial charge in [0.15, 0.2) is 5.78 Å². The number of benzene rings is 1. The van der Waals surface area contributed by atoms with E-state index in [0.29, 0.717) is 18.9 Å². The molecule has 1 heterocycles. The average Bonchev–Trinajstić information content (AvgIpc) is 2.97. The Hall–Kier alpha value is -1.88. The van der Waals surface area contributed by atoms with Crippen LogP contribution in [0.4, 0.5) is 4.79 Å². The van der Waals surface area contributed by atoms with E-state index in [2.05, 4.69) is 47.6 Å². The first-order valence-corrected chi connectivity index (χ1v) is 11.3. The molecule has 1 spiro atoms. The Morgan fingerprint density at radius 1 is 1.14 bits per heavy atom. The fourth-order valence-electron chi connectivity index (χ4n) is 5.55. The van der Waals surface area contributed by atoms with Gasteiger partial charge in [0.05, 0.1) is 12.1 Å². The van der Waals surface area contributed by atoms with Crippen LogP contribution in [0.5, 0.6) is 0 Å². The molecule has 0 aromatic heterocycles. The van der Waals surface area contributed by atoms with E-state index in [1.807, 2.05) is 11.8 Å². The fraction of sp³-hybridized carbons (Fsp3) is 0.667. The number of carbonyl (C=O) groups excluding carboxylic acids is 2. The number of rotatable bonds is 7. The van der Waals surface area contributed by atoms with Crippen LogP contribution in [0.3, 0.4) is 0 Å². The maximum Gasteiger partial charge on any atom is 0.321 e. The van der Waals surface area contributed by atoms with Crippen molar-refractivity contribution in [3.8, 4) is 0 Å². The van der Waals surface area contributed by atoms with Crippen LogP contribution in [0.25, 0.3) is 0 Å². The number of hydrogen-bond acceptors (Lipinski definition) is 3. The van der Waals surface area contributed by atoms with Crippen molar-refractivity contribution >= 4 is 11.8 Å². The Labute approximate surface area is 174 Å². The van der Waals surface area contributed by atoms with Crippen LogP contribution in [-0.2, 0) is 10.3 Å². The third kappa shape index (κ3) is 3.70. The topological polar surface area (TPSA) is 52.7 Å². The lowest BCUT2D eigenvalue weighted by Crippen LogP contribution is -2.56. The van der Waals surface area contributed by atoms with E-state index in [-0.39, 0.29) is 29.4 Å². The number of amides is 2. The van der Waals surface area contributed by atoms with Crippen molar-refractivity contribution in [2.75, 3.05) is 26.7 Å². The summed E-state index contributed by atoms with van der Waals surface area (Å²) in [4.78, 5) is 29.4. The highest BCUT2D eigenvalue weighted by molar-refractivity contribution is 5.87. The molecule has 0 radical (unpaired) electrons. The molecule has 4 rings (SSSR count). The van der Waals surface area contributed by atoms with Gasteiger partial charge in [-0.3, -0.25) is 4.79 Å². The van der Waals surface area contributed by atoms with Crippen LogP contribution in [0.15, 0.2) is 30.3 Å². The highest BCUT2D eigenvalue weighted by Crippen LogP contribution is 2.47. The minimum Gasteiger partial charge on any atom is -0.317 e. The van der Waals surface area contributed by atoms with Gasteiger partial charge in [0, 0.05) is 25.0 Å². The minimum absolute atomic E-state index is 0.0235. The van der Waals surface area contributed by atoms with Gasteiger partial charge in [0.2, 0.25) is 0 Å². The van der Waals surface area contributed by atoms with E-state index in [1.54, 1.807) is 0 Å². The highest BCUT2D eigenvalue weighted by atomic mass is 16.2. The number of hydrogen-bond donors (Lipinski definition) is 1. The van der Waals surface area contributed by atoms with Crippen molar-refractivity contribution in [2.24, 2.45) is 5.92 Å². The minimum atomic E-state index is -0.115. The molecular weight excluding hydrogens is 362 g/mol. The molecule has 2 aliphatic carbocycles. The van der Waals surface area contributed by atoms with Gasteiger partial charge in [-0.2, -0.15) is 0 Å². The van der Waals surface area contributed by atoms with Crippen molar-refractivity contribution in [3.05, 3.63) is 35.9 Å². The Bertz CT molecular complexity index is 736. The molecule has 0 atom stereocenters. The van der Waals surface area contributed by atoms with Crippen molar-refractivity contribution in [2.45, 2.75) is 69.4 Å². The third-order valence-corrected chi connectivity index (χ3v) is 7.83. The van der Waals surface area contributed by atoms with Gasteiger partial charge in [-0.1, -0.05) is 43.7 Å². The zero-order valence-electron chi connectivity index (χ0n) is 18.0. The number of carbonyl (C=O) groups is 2. The monoisotopic (exact) mass is 397 g/mol. The molecule has 1 aromatic rings. The summed E-state index contributed by atoms with van der Waals surface area (Å²) in [6.07, 6.45) is 8.24. The second kappa shape index (κ2) is 8.10. The normalized spacial score (nSPS) is 30.1. The number of Topliss-reactive ketones (excluding diaryl/α,β-unsaturated/α-hetero) is 1. The zero-order valence-corrected chi connectivity index (χ0v) is 18.0. The smallest absolute Gasteiger partial charge is 0.317 e. The van der Waals surface area contributed by atoms with Gasteiger partial charge in [-0.05, 0) is 57.1 Å². The van der Waals surface area contributed by atoms with E-state index < -0.39 is 0 Å². The van der Waals surface area contributed by atoms with Gasteiger partial charge in [0.1, 0.15) is 0 Å². The highest BCUT2D eigenvalue weighted by Gasteiger charge is 2.54. The molecule has 2 saturated carbocycles. The molecular formula is C24H35N3O2. The van der Waals surface area contributed by atoms with Crippen LogP contribution < -0.4 is 5.32 Å². The first-order valence-electron chi connectivity index (χ1n) is 11.3. The summed E-state index contributed by atoms with van der Waals surface area (Å²) in [5, 5.41) is 3.61. The van der Waals surface area contributed by atoms with Gasteiger partial charge >= 0.3 is 6.03 Å². The Morgan fingerprint density at radius 2 is 1.83 bits per heavy atom. The van der Waals surface area contributed by atoms with E-state index in [0.717, 1.165) is 32.2 Å². The van der Waals surface area contributed by atoms with Crippen LogP contribution in [0, 0.1) is 5.92 Å². The van der Waals surface area contributed by atoms with Gasteiger partial charge in [-0.25, -0.2) is 4.79 Å². The predicted octanol–water partition coefficient (Wildman–Crippen LogP) is 3.93. The molecule has 1 aliphatic heterocycles. The Morgan fingerprint density at radius 3 is 2.38 bits per heavy atom. The van der Waals surface area contributed by atoms with Crippen molar-refractivity contribution in [1.29, 1.82) is 0 Å². The molecule has 0 unspecified atom stereocenters. The van der Waals surface area contributed by atoms with Crippen LogP contribution in [0.2, 0.25) is 0 Å². The first-order chi connectivity index (χ1) is 14.0. The SMILES string of the molecule is CCC(=O)CN1CC2(CCC(NC)(c3ccccc3)CC2)N(CC2CCC2)C1=O. The fourth-order valence-corrected chi connectivity index (χ4v) is 5.55. The van der Waals surface area contributed by atoms with Gasteiger partial charge < -0.3 is 15.1 Å². The average molecular weight is 398 g/mol. The molecule has 1 N–H and O–H groups in total. The summed E-state index contributed by atoms with van der Waals surface area (Å²) in [5.74, 6) is 0.798. The summed E-state index contributed by atoms with van der Waals surface area (Å²) in [5.41, 5.74) is 1.20. The maximum atomic E-state index is 13.3. The lowest BCUT2D eigenvalue weighted by atomic mass is 9.68. The van der Waals surface area contributed by atoms with Crippen molar-refractivity contribution in [1.82, 2.24) is 15.1 Å². The first kappa shape index (κ1) is 20.4. The largest absolute Gasteiger partial charge is 0.321 e. The standard InChI is InChI=1S/C24H35N3O2/c1-3-21(28)17-26-18-23(27(22(26)29)16-19-8-7-9-19)12-14-24(25-2,15-13-23)20-10-5-4-6-11-20/h4-6,10-11,19,25H,3,7-9,12-18H2,1-2H3. The Balaban J connectivity index is 1.55. The number of nitrogens with one attached hydrogen (secondary N) is 1. The predicted molar refractivity (Wildman–Crippen MR) is 115 cm³/mol. The molecule has 3 aliphatic rings. The summed E-state index contributed by atoms with van der Waals surface area (Å²) >= 11 is 0. The molecule has 29 heavy (non-hydrogen) atoms. The maximum absolute atomic E-state index is 13.3. The molecule has 3 fully saturated rings. The molecule has 5 nitrogen and oxygen atoms in total. The van der Waals surface area contributed by atoms with Gasteiger partial charge in [-0.15, -0.1) is 0 Å². The van der Waals surface area contributed by atoms with E-state index in [9.17, 15) is 9.59 Å². The van der Waals surface area contributed by atoms with Crippen LogP contribution >= 0.6 is 0 Å². The molecule has 1 saturated heterocycles. The van der Waals surface area contributed by atoms with Crippen LogP contribution in [-0.4, -0.2) is 53.8 Å². The van der Waals surface area contributed by atoms with E-state index in [4.69, 9.17) is 0 Å². The Kier molecular flexibility index (Phi) is 5.69. The summed E-state index contributed by atoms with van der Waals surface area (Å²) < 4.78 is 0. The lowest BCUT2D eigenvalue weighted by molar-refractivity contribution is -0.119.